The van der Waals surface area contributed by atoms with Crippen LogP contribution in [0.2, 0.25) is 0 Å². The van der Waals surface area contributed by atoms with Crippen molar-refractivity contribution in [1.29, 1.82) is 0 Å². The number of hydrogen-bond acceptors (Lipinski definition) is 5. The molecular formula is C15H22N4S. The molecule has 2 N–H and O–H groups in total. The van der Waals surface area contributed by atoms with Crippen LogP contribution in [-0.4, -0.2) is 48.6 Å². The van der Waals surface area contributed by atoms with E-state index in [0.29, 0.717) is 6.04 Å². The van der Waals surface area contributed by atoms with Gasteiger partial charge in [0.1, 0.15) is 5.82 Å². The van der Waals surface area contributed by atoms with Crippen LogP contribution in [0.25, 0.3) is 10.1 Å². The second-order valence-corrected chi connectivity index (χ2v) is 6.24. The van der Waals surface area contributed by atoms with Crippen LogP contribution in [-0.2, 0) is 0 Å². The average molecular weight is 290 g/mol. The molecule has 0 spiro atoms. The summed E-state index contributed by atoms with van der Waals surface area (Å²) in [7, 11) is 0. The van der Waals surface area contributed by atoms with Crippen molar-refractivity contribution >= 4 is 27.2 Å². The monoisotopic (exact) mass is 290 g/mol. The van der Waals surface area contributed by atoms with E-state index in [1.54, 1.807) is 11.3 Å². The third-order valence-electron chi connectivity index (χ3n) is 4.23. The highest BCUT2D eigenvalue weighted by molar-refractivity contribution is 7.17. The minimum absolute atomic E-state index is 0.530. The Labute approximate surface area is 124 Å². The summed E-state index contributed by atoms with van der Waals surface area (Å²) in [4.78, 5) is 9.53. The molecule has 1 unspecified atom stereocenters. The van der Waals surface area contributed by atoms with Crippen molar-refractivity contribution in [3.8, 4) is 0 Å². The Hall–Kier alpha value is -1.17. The smallest absolute Gasteiger partial charge is 0.137 e. The lowest BCUT2D eigenvalue weighted by Crippen LogP contribution is -2.52. The van der Waals surface area contributed by atoms with Gasteiger partial charge in [0.05, 0.1) is 0 Å². The molecule has 5 heteroatoms. The highest BCUT2D eigenvalue weighted by Gasteiger charge is 2.23. The van der Waals surface area contributed by atoms with Crippen LogP contribution in [0.4, 0.5) is 5.82 Å². The summed E-state index contributed by atoms with van der Waals surface area (Å²) in [6.07, 6.45) is 3.06. The number of fused-ring (bicyclic) bond motifs is 1. The molecule has 108 valence electrons. The molecule has 0 bridgehead atoms. The number of piperazine rings is 1. The summed E-state index contributed by atoms with van der Waals surface area (Å²) >= 11 is 1.78. The summed E-state index contributed by atoms with van der Waals surface area (Å²) in [6, 6.07) is 4.81. The summed E-state index contributed by atoms with van der Waals surface area (Å²) in [6.45, 7) is 7.22. The molecule has 3 heterocycles. The van der Waals surface area contributed by atoms with E-state index in [1.807, 2.05) is 6.20 Å². The van der Waals surface area contributed by atoms with Gasteiger partial charge in [0.25, 0.3) is 0 Å². The molecule has 20 heavy (non-hydrogen) atoms. The minimum atomic E-state index is 0.530. The Morgan fingerprint density at radius 1 is 1.30 bits per heavy atom. The van der Waals surface area contributed by atoms with Crippen LogP contribution >= 0.6 is 11.3 Å². The average Bonchev–Trinajstić information content (AvgIpc) is 2.98. The van der Waals surface area contributed by atoms with E-state index < -0.39 is 0 Å². The zero-order chi connectivity index (χ0) is 13.9. The third-order valence-corrected chi connectivity index (χ3v) is 5.11. The van der Waals surface area contributed by atoms with E-state index in [0.717, 1.165) is 45.0 Å². The van der Waals surface area contributed by atoms with Crippen molar-refractivity contribution in [2.24, 2.45) is 5.73 Å². The Morgan fingerprint density at radius 2 is 2.10 bits per heavy atom. The molecule has 2 aromatic heterocycles. The molecule has 1 aliphatic heterocycles. The minimum Gasteiger partial charge on any atom is -0.354 e. The Morgan fingerprint density at radius 3 is 2.80 bits per heavy atom. The summed E-state index contributed by atoms with van der Waals surface area (Å²) < 4.78 is 1.32. The van der Waals surface area contributed by atoms with Crippen LogP contribution < -0.4 is 10.6 Å². The van der Waals surface area contributed by atoms with E-state index in [-0.39, 0.29) is 0 Å². The van der Waals surface area contributed by atoms with Gasteiger partial charge in [0, 0.05) is 55.0 Å². The van der Waals surface area contributed by atoms with Crippen molar-refractivity contribution < 1.29 is 0 Å². The number of nitrogens with zero attached hydrogens (tertiary/aromatic N) is 3. The number of thiophene rings is 1. The lowest BCUT2D eigenvalue weighted by molar-refractivity contribution is 0.184. The second-order valence-electron chi connectivity index (χ2n) is 5.29. The second kappa shape index (κ2) is 6.08. The maximum Gasteiger partial charge on any atom is 0.137 e. The van der Waals surface area contributed by atoms with Crippen molar-refractivity contribution in [2.75, 3.05) is 37.6 Å². The molecule has 1 saturated heterocycles. The largest absolute Gasteiger partial charge is 0.354 e. The summed E-state index contributed by atoms with van der Waals surface area (Å²) in [5.74, 6) is 1.14. The van der Waals surface area contributed by atoms with Crippen molar-refractivity contribution in [2.45, 2.75) is 19.4 Å². The van der Waals surface area contributed by atoms with Crippen LogP contribution in [0.1, 0.15) is 13.3 Å². The van der Waals surface area contributed by atoms with E-state index >= 15 is 0 Å². The predicted molar refractivity (Wildman–Crippen MR) is 86.5 cm³/mol. The molecule has 2 aromatic rings. The molecule has 0 saturated carbocycles. The van der Waals surface area contributed by atoms with Crippen molar-refractivity contribution in [1.82, 2.24) is 9.88 Å². The molecule has 1 fully saturated rings. The Balaban J connectivity index is 1.73. The van der Waals surface area contributed by atoms with Gasteiger partial charge in [-0.25, -0.2) is 4.98 Å². The zero-order valence-corrected chi connectivity index (χ0v) is 12.8. The van der Waals surface area contributed by atoms with Gasteiger partial charge < -0.3 is 10.6 Å². The van der Waals surface area contributed by atoms with Crippen LogP contribution in [0.5, 0.6) is 0 Å². The molecule has 0 amide bonds. The molecule has 0 radical (unpaired) electrons. The van der Waals surface area contributed by atoms with E-state index in [4.69, 9.17) is 5.73 Å². The molecule has 3 rings (SSSR count). The first kappa shape index (κ1) is 13.8. The molecule has 0 aromatic carbocycles. The summed E-state index contributed by atoms with van der Waals surface area (Å²) in [5.41, 5.74) is 5.85. The Bertz CT molecular complexity index is 556. The fraction of sp³-hybridized carbons (Fsp3) is 0.533. The molecule has 4 nitrogen and oxygen atoms in total. The van der Waals surface area contributed by atoms with Gasteiger partial charge in [-0.15, -0.1) is 11.3 Å². The predicted octanol–water partition coefficient (Wildman–Crippen LogP) is 2.16. The fourth-order valence-electron chi connectivity index (χ4n) is 3.00. The van der Waals surface area contributed by atoms with Gasteiger partial charge in [-0.05, 0) is 23.9 Å². The normalized spacial score (nSPS) is 18.6. The summed E-state index contributed by atoms with van der Waals surface area (Å²) in [5, 5.41) is 3.44. The van der Waals surface area contributed by atoms with Crippen molar-refractivity contribution in [3.05, 3.63) is 23.7 Å². The van der Waals surface area contributed by atoms with Crippen LogP contribution in [0.3, 0.4) is 0 Å². The molecular weight excluding hydrogens is 268 g/mol. The molecule has 1 aliphatic rings. The number of pyridine rings is 1. The first-order valence-electron chi connectivity index (χ1n) is 7.34. The molecule has 1 atom stereocenters. The standard InChI is InChI=1S/C15H22N4S/c1-2-12(11-16)18-6-8-19(9-7-18)15-13-4-10-20-14(13)3-5-17-15/h3-5,10,12H,2,6-9,11,16H2,1H3. The van der Waals surface area contributed by atoms with Gasteiger partial charge in [-0.3, -0.25) is 4.90 Å². The van der Waals surface area contributed by atoms with Gasteiger partial charge in [0.2, 0.25) is 0 Å². The van der Waals surface area contributed by atoms with Gasteiger partial charge >= 0.3 is 0 Å². The SMILES string of the molecule is CCC(CN)N1CCN(c2nccc3sccc23)CC1. The third kappa shape index (κ3) is 2.53. The quantitative estimate of drug-likeness (QED) is 0.937. The lowest BCUT2D eigenvalue weighted by atomic mass is 10.1. The van der Waals surface area contributed by atoms with Crippen LogP contribution in [0.15, 0.2) is 23.7 Å². The highest BCUT2D eigenvalue weighted by Crippen LogP contribution is 2.29. The highest BCUT2D eigenvalue weighted by atomic mass is 32.1. The van der Waals surface area contributed by atoms with E-state index in [1.165, 1.54) is 10.1 Å². The maximum atomic E-state index is 5.85. The number of hydrogen-bond donors (Lipinski definition) is 1. The number of rotatable bonds is 4. The number of nitrogens with two attached hydrogens (primary N) is 1. The number of anilines is 1. The van der Waals surface area contributed by atoms with E-state index in [9.17, 15) is 0 Å². The first-order valence-corrected chi connectivity index (χ1v) is 8.22. The molecule has 0 aliphatic carbocycles. The lowest BCUT2D eigenvalue weighted by Gasteiger charge is -2.39. The fourth-order valence-corrected chi connectivity index (χ4v) is 3.78. The Kier molecular flexibility index (Phi) is 4.19. The zero-order valence-electron chi connectivity index (χ0n) is 12.0. The van der Waals surface area contributed by atoms with E-state index in [2.05, 4.69) is 39.2 Å². The number of aromatic nitrogens is 1. The topological polar surface area (TPSA) is 45.4 Å². The van der Waals surface area contributed by atoms with Gasteiger partial charge in [-0.2, -0.15) is 0 Å². The first-order chi connectivity index (χ1) is 9.83. The van der Waals surface area contributed by atoms with Crippen LogP contribution in [0, 0.1) is 0 Å². The maximum absolute atomic E-state index is 5.85. The van der Waals surface area contributed by atoms with Gasteiger partial charge in [-0.1, -0.05) is 6.92 Å². The van der Waals surface area contributed by atoms with Crippen molar-refractivity contribution in [3.63, 3.8) is 0 Å². The van der Waals surface area contributed by atoms with Gasteiger partial charge in [0.15, 0.2) is 0 Å².